The van der Waals surface area contributed by atoms with E-state index in [2.05, 4.69) is 25.1 Å². The van der Waals surface area contributed by atoms with Crippen LogP contribution in [0.5, 0.6) is 0 Å². The maximum atomic E-state index is 5.27. The second-order valence-corrected chi connectivity index (χ2v) is 4.82. The first-order valence-corrected chi connectivity index (χ1v) is 7.05. The number of benzene rings is 1. The molecule has 23 heavy (non-hydrogen) atoms. The molecule has 0 unspecified atom stereocenters. The van der Waals surface area contributed by atoms with Crippen LogP contribution in [0.15, 0.2) is 65.7 Å². The smallest absolute Gasteiger partial charge is 0.235 e. The highest BCUT2D eigenvalue weighted by molar-refractivity contribution is 5.73. The van der Waals surface area contributed by atoms with Crippen LogP contribution in [0.4, 0.5) is 11.5 Å². The van der Waals surface area contributed by atoms with Crippen molar-refractivity contribution in [3.63, 3.8) is 0 Å². The highest BCUT2D eigenvalue weighted by atomic mass is 16.4. The van der Waals surface area contributed by atoms with E-state index < -0.39 is 0 Å². The monoisotopic (exact) mass is 304 g/mol. The Labute approximate surface area is 131 Å². The Morgan fingerprint density at radius 3 is 2.65 bits per heavy atom. The third-order valence-corrected chi connectivity index (χ3v) is 3.36. The number of rotatable bonds is 4. The van der Waals surface area contributed by atoms with Crippen molar-refractivity contribution in [2.45, 2.75) is 6.54 Å². The van der Waals surface area contributed by atoms with Crippen LogP contribution in [0.2, 0.25) is 0 Å². The van der Waals surface area contributed by atoms with Crippen LogP contribution in [0.3, 0.4) is 0 Å². The van der Waals surface area contributed by atoms with Gasteiger partial charge in [0.1, 0.15) is 17.9 Å². The van der Waals surface area contributed by atoms with Gasteiger partial charge in [0.25, 0.3) is 0 Å². The topological polar surface area (TPSA) is 80.8 Å². The minimum Gasteiger partial charge on any atom is -0.426 e. The minimum atomic E-state index is 0.419. The summed E-state index contributed by atoms with van der Waals surface area (Å²) >= 11 is 0. The number of fused-ring (bicyclic) bond motifs is 1. The average Bonchev–Trinajstić information content (AvgIpc) is 3.13. The lowest BCUT2D eigenvalue weighted by atomic mass is 10.2. The average molecular weight is 304 g/mol. The highest BCUT2D eigenvalue weighted by Crippen LogP contribution is 2.26. The summed E-state index contributed by atoms with van der Waals surface area (Å²) in [6.45, 7) is 0.419. The predicted molar refractivity (Wildman–Crippen MR) is 83.9 cm³/mol. The van der Waals surface area contributed by atoms with Crippen LogP contribution >= 0.6 is 0 Å². The number of anilines is 2. The van der Waals surface area contributed by atoms with Crippen LogP contribution in [-0.4, -0.2) is 25.1 Å². The van der Waals surface area contributed by atoms with E-state index in [9.17, 15) is 0 Å². The molecular weight excluding hydrogens is 292 g/mol. The van der Waals surface area contributed by atoms with Crippen molar-refractivity contribution in [3.05, 3.63) is 67.1 Å². The number of hydrogen-bond acceptors (Lipinski definition) is 7. The van der Waals surface area contributed by atoms with E-state index in [1.807, 2.05) is 47.4 Å². The summed E-state index contributed by atoms with van der Waals surface area (Å²) in [6, 6.07) is 13.7. The van der Waals surface area contributed by atoms with E-state index >= 15 is 0 Å². The molecule has 7 nitrogen and oxygen atoms in total. The molecule has 112 valence electrons. The quantitative estimate of drug-likeness (QED) is 0.573. The minimum absolute atomic E-state index is 0.419. The van der Waals surface area contributed by atoms with Gasteiger partial charge in [0.2, 0.25) is 12.3 Å². The predicted octanol–water partition coefficient (Wildman–Crippen LogP) is 2.75. The molecule has 0 saturated carbocycles. The van der Waals surface area contributed by atoms with Crippen molar-refractivity contribution >= 4 is 22.7 Å². The molecule has 4 aromatic rings. The SMILES string of the molecule is c1ccc(N(Cc2nnco2)c2ccc3nccnc3n2)cc1. The highest BCUT2D eigenvalue weighted by Gasteiger charge is 2.15. The van der Waals surface area contributed by atoms with Gasteiger partial charge < -0.3 is 9.32 Å². The van der Waals surface area contributed by atoms with Crippen LogP contribution in [0, 0.1) is 0 Å². The molecular formula is C16H12N6O. The lowest BCUT2D eigenvalue weighted by Crippen LogP contribution is -2.18. The second-order valence-electron chi connectivity index (χ2n) is 4.82. The normalized spacial score (nSPS) is 10.8. The van der Waals surface area contributed by atoms with E-state index in [1.165, 1.54) is 6.39 Å². The molecule has 0 radical (unpaired) electrons. The number of hydrogen-bond donors (Lipinski definition) is 0. The Balaban J connectivity index is 1.79. The fourth-order valence-electron chi connectivity index (χ4n) is 2.31. The van der Waals surface area contributed by atoms with Gasteiger partial charge in [-0.3, -0.25) is 4.98 Å². The molecule has 7 heteroatoms. The summed E-state index contributed by atoms with van der Waals surface area (Å²) in [6.07, 6.45) is 4.60. The lowest BCUT2D eigenvalue weighted by molar-refractivity contribution is 0.493. The Morgan fingerprint density at radius 1 is 0.957 bits per heavy atom. The van der Waals surface area contributed by atoms with Gasteiger partial charge in [0.15, 0.2) is 5.65 Å². The van der Waals surface area contributed by atoms with Crippen molar-refractivity contribution < 1.29 is 4.42 Å². The molecule has 0 atom stereocenters. The molecule has 3 heterocycles. The summed E-state index contributed by atoms with van der Waals surface area (Å²) < 4.78 is 5.27. The Morgan fingerprint density at radius 2 is 1.83 bits per heavy atom. The van der Waals surface area contributed by atoms with Crippen molar-refractivity contribution in [2.75, 3.05) is 4.90 Å². The van der Waals surface area contributed by atoms with Gasteiger partial charge in [0, 0.05) is 18.1 Å². The number of aromatic nitrogens is 5. The van der Waals surface area contributed by atoms with Gasteiger partial charge in [0.05, 0.1) is 0 Å². The second kappa shape index (κ2) is 5.80. The van der Waals surface area contributed by atoms with Gasteiger partial charge >= 0.3 is 0 Å². The fourth-order valence-corrected chi connectivity index (χ4v) is 2.31. The first kappa shape index (κ1) is 13.3. The summed E-state index contributed by atoms with van der Waals surface area (Å²) in [5.41, 5.74) is 2.32. The fraction of sp³-hybridized carbons (Fsp3) is 0.0625. The summed E-state index contributed by atoms with van der Waals surface area (Å²) in [7, 11) is 0. The largest absolute Gasteiger partial charge is 0.426 e. The van der Waals surface area contributed by atoms with Crippen LogP contribution < -0.4 is 4.90 Å². The van der Waals surface area contributed by atoms with E-state index in [0.717, 1.165) is 17.0 Å². The molecule has 0 bridgehead atoms. The lowest BCUT2D eigenvalue weighted by Gasteiger charge is -2.22. The zero-order chi connectivity index (χ0) is 15.5. The van der Waals surface area contributed by atoms with Crippen molar-refractivity contribution in [2.24, 2.45) is 0 Å². The van der Waals surface area contributed by atoms with Crippen LogP contribution in [0.25, 0.3) is 11.2 Å². The zero-order valence-corrected chi connectivity index (χ0v) is 12.1. The molecule has 0 aliphatic carbocycles. The van der Waals surface area contributed by atoms with Crippen LogP contribution in [-0.2, 0) is 6.54 Å². The third-order valence-electron chi connectivity index (χ3n) is 3.36. The van der Waals surface area contributed by atoms with E-state index in [-0.39, 0.29) is 0 Å². The van der Waals surface area contributed by atoms with E-state index in [0.29, 0.717) is 18.1 Å². The molecule has 0 amide bonds. The van der Waals surface area contributed by atoms with Crippen molar-refractivity contribution in [1.82, 2.24) is 25.1 Å². The maximum Gasteiger partial charge on any atom is 0.235 e. The molecule has 3 aromatic heterocycles. The van der Waals surface area contributed by atoms with Crippen molar-refractivity contribution in [1.29, 1.82) is 0 Å². The van der Waals surface area contributed by atoms with E-state index in [1.54, 1.807) is 12.4 Å². The van der Waals surface area contributed by atoms with Gasteiger partial charge in [-0.15, -0.1) is 10.2 Å². The maximum absolute atomic E-state index is 5.27. The molecule has 0 saturated heterocycles. The molecule has 1 aromatic carbocycles. The first-order chi connectivity index (χ1) is 11.4. The number of pyridine rings is 1. The molecule has 0 spiro atoms. The van der Waals surface area contributed by atoms with Gasteiger partial charge in [-0.25, -0.2) is 9.97 Å². The molecule has 0 fully saturated rings. The summed E-state index contributed by atoms with van der Waals surface area (Å²) in [4.78, 5) is 15.1. The summed E-state index contributed by atoms with van der Waals surface area (Å²) in [5.74, 6) is 1.25. The number of nitrogens with zero attached hydrogens (tertiary/aromatic N) is 6. The first-order valence-electron chi connectivity index (χ1n) is 7.05. The van der Waals surface area contributed by atoms with Gasteiger partial charge in [-0.05, 0) is 24.3 Å². The third kappa shape index (κ3) is 2.71. The van der Waals surface area contributed by atoms with E-state index in [4.69, 9.17) is 4.42 Å². The number of para-hydroxylation sites is 1. The molecule has 0 N–H and O–H groups in total. The Hall–Kier alpha value is -3.35. The van der Waals surface area contributed by atoms with Gasteiger partial charge in [-0.2, -0.15) is 0 Å². The van der Waals surface area contributed by atoms with Gasteiger partial charge in [-0.1, -0.05) is 18.2 Å². The van der Waals surface area contributed by atoms with Crippen LogP contribution in [0.1, 0.15) is 5.89 Å². The molecule has 4 rings (SSSR count). The Kier molecular flexibility index (Phi) is 3.36. The Bertz CT molecular complexity index is 910. The summed E-state index contributed by atoms with van der Waals surface area (Å²) in [5, 5.41) is 7.68. The molecule has 0 aliphatic heterocycles. The molecule has 0 aliphatic rings. The van der Waals surface area contributed by atoms with Crippen molar-refractivity contribution in [3.8, 4) is 0 Å². The standard InChI is InChI=1S/C16H12N6O/c1-2-4-12(5-3-1)22(10-15-21-19-11-23-15)14-7-6-13-16(20-14)18-9-8-17-13/h1-9,11H,10H2. The zero-order valence-electron chi connectivity index (χ0n) is 12.1.